The number of benzene rings is 1. The number of amides is 1. The van der Waals surface area contributed by atoms with Gasteiger partial charge in [-0.25, -0.2) is 4.79 Å². The van der Waals surface area contributed by atoms with Crippen LogP contribution in [-0.4, -0.2) is 36.6 Å². The molecule has 1 N–H and O–H groups in total. The third kappa shape index (κ3) is 6.25. The maximum atomic E-state index is 12.1. The molecule has 1 amide bonds. The van der Waals surface area contributed by atoms with Crippen LogP contribution in [-0.2, 0) is 14.0 Å². The Kier molecular flexibility index (Phi) is 6.68. The Labute approximate surface area is 172 Å². The van der Waals surface area contributed by atoms with Gasteiger partial charge in [-0.1, -0.05) is 29.4 Å². The molecule has 0 unspecified atom stereocenters. The van der Waals surface area contributed by atoms with Crippen molar-refractivity contribution in [2.24, 2.45) is 5.11 Å². The summed E-state index contributed by atoms with van der Waals surface area (Å²) in [5.74, 6) is 0. The first kappa shape index (κ1) is 22.8. The van der Waals surface area contributed by atoms with E-state index in [1.807, 2.05) is 39.8 Å². The number of carbonyl (C=O) groups is 1. The van der Waals surface area contributed by atoms with Gasteiger partial charge < -0.3 is 19.4 Å². The number of rotatable bonds is 5. The summed E-state index contributed by atoms with van der Waals surface area (Å²) < 4.78 is 17.6. The minimum absolute atomic E-state index is 0.178. The Bertz CT molecular complexity index is 823. The highest BCUT2D eigenvalue weighted by molar-refractivity contribution is 6.56. The normalized spacial score (nSPS) is 18.2. The van der Waals surface area contributed by atoms with E-state index in [1.165, 1.54) is 0 Å². The summed E-state index contributed by atoms with van der Waals surface area (Å²) >= 11 is 0. The van der Waals surface area contributed by atoms with Crippen LogP contribution in [0.3, 0.4) is 0 Å². The fourth-order valence-electron chi connectivity index (χ4n) is 2.63. The molecule has 1 aromatic rings. The third-order valence-electron chi connectivity index (χ3n) is 4.77. The lowest BCUT2D eigenvalue weighted by atomic mass is 9.77. The predicted molar refractivity (Wildman–Crippen MR) is 114 cm³/mol. The summed E-state index contributed by atoms with van der Waals surface area (Å²) in [6.45, 7) is 13.5. The van der Waals surface area contributed by atoms with Gasteiger partial charge in [0.1, 0.15) is 5.60 Å². The molecule has 0 aromatic heterocycles. The molecule has 156 valence electrons. The van der Waals surface area contributed by atoms with Crippen LogP contribution in [0.1, 0.15) is 54.0 Å². The molecule has 0 spiro atoms. The first-order valence-corrected chi connectivity index (χ1v) is 9.51. The predicted octanol–water partition coefficient (Wildman–Crippen LogP) is 5.17. The number of ether oxygens (including phenoxy) is 1. The minimum atomic E-state index is -0.641. The summed E-state index contributed by atoms with van der Waals surface area (Å²) in [5.41, 5.74) is 9.04. The molecule has 0 radical (unpaired) electrons. The number of carbonyl (C=O) groups excluding carboxylic acids is 1. The number of hydrogen-bond donors (Lipinski definition) is 1. The zero-order chi connectivity index (χ0) is 21.9. The van der Waals surface area contributed by atoms with E-state index in [0.29, 0.717) is 11.2 Å². The van der Waals surface area contributed by atoms with E-state index < -0.39 is 30.0 Å². The van der Waals surface area contributed by atoms with Gasteiger partial charge in [0.25, 0.3) is 0 Å². The van der Waals surface area contributed by atoms with Crippen LogP contribution in [0.15, 0.2) is 34.9 Å². The zero-order valence-corrected chi connectivity index (χ0v) is 18.1. The summed E-state index contributed by atoms with van der Waals surface area (Å²) in [4.78, 5) is 14.9. The molecule has 0 aliphatic carbocycles. The molecule has 0 bridgehead atoms. The highest BCUT2D eigenvalue weighted by Crippen LogP contribution is 2.38. The molecule has 1 saturated heterocycles. The van der Waals surface area contributed by atoms with Crippen LogP contribution in [0.5, 0.6) is 0 Å². The molecule has 9 heteroatoms. The number of nitrogens with one attached hydrogen (secondary N) is 1. The van der Waals surface area contributed by atoms with Crippen molar-refractivity contribution < 1.29 is 18.8 Å². The van der Waals surface area contributed by atoms with Gasteiger partial charge in [-0.2, -0.15) is 0 Å². The molecular formula is C20H29BN4O4. The van der Waals surface area contributed by atoms with E-state index in [4.69, 9.17) is 19.6 Å². The average Bonchev–Trinajstić information content (AvgIpc) is 2.78. The minimum Gasteiger partial charge on any atom is -0.444 e. The lowest BCUT2D eigenvalue weighted by Gasteiger charge is -2.32. The van der Waals surface area contributed by atoms with Crippen molar-refractivity contribution in [3.63, 3.8) is 0 Å². The van der Waals surface area contributed by atoms with Crippen molar-refractivity contribution in [1.29, 1.82) is 0 Å². The fourth-order valence-corrected chi connectivity index (χ4v) is 2.63. The lowest BCUT2D eigenvalue weighted by molar-refractivity contribution is 0.00578. The average molecular weight is 400 g/mol. The second-order valence-electron chi connectivity index (χ2n) is 8.95. The van der Waals surface area contributed by atoms with Gasteiger partial charge in [-0.3, -0.25) is 0 Å². The summed E-state index contributed by atoms with van der Waals surface area (Å²) in [6, 6.07) is 7.12. The van der Waals surface area contributed by atoms with Gasteiger partial charge in [0.05, 0.1) is 11.2 Å². The first-order chi connectivity index (χ1) is 13.3. The van der Waals surface area contributed by atoms with Crippen LogP contribution in [0.2, 0.25) is 0 Å². The van der Waals surface area contributed by atoms with Crippen molar-refractivity contribution in [1.82, 2.24) is 5.32 Å². The van der Waals surface area contributed by atoms with Crippen molar-refractivity contribution in [3.05, 3.63) is 45.7 Å². The van der Waals surface area contributed by atoms with E-state index in [9.17, 15) is 4.79 Å². The molecule has 1 heterocycles. The fraction of sp³-hybridized carbons (Fsp3) is 0.550. The Hall–Kier alpha value is -2.48. The topological polar surface area (TPSA) is 106 Å². The number of hydrogen-bond acceptors (Lipinski definition) is 5. The van der Waals surface area contributed by atoms with E-state index in [0.717, 1.165) is 5.56 Å². The molecule has 29 heavy (non-hydrogen) atoms. The van der Waals surface area contributed by atoms with Crippen molar-refractivity contribution in [3.8, 4) is 0 Å². The summed E-state index contributed by atoms with van der Waals surface area (Å²) in [5, 5.41) is 6.39. The molecule has 1 aliphatic rings. The second-order valence-corrected chi connectivity index (χ2v) is 8.95. The molecule has 2 rings (SSSR count). The quantitative estimate of drug-likeness (QED) is 0.319. The zero-order valence-electron chi connectivity index (χ0n) is 18.1. The lowest BCUT2D eigenvalue weighted by Crippen LogP contribution is -2.41. The van der Waals surface area contributed by atoms with E-state index in [1.54, 1.807) is 39.0 Å². The Balaban J connectivity index is 2.30. The number of azide groups is 1. The standard InChI is InChI=1S/C20H29BN4O4/c1-18(2,3)27-17(26)23-13-15(21-28-19(4,5)20(6,7)29-21)11-14-9-8-10-16(12-14)24-25-22/h8-12H,13H2,1-7H3,(H,23,26). The van der Waals surface area contributed by atoms with Crippen LogP contribution in [0.25, 0.3) is 16.5 Å². The third-order valence-corrected chi connectivity index (χ3v) is 4.77. The monoisotopic (exact) mass is 400 g/mol. The van der Waals surface area contributed by atoms with E-state index in [2.05, 4.69) is 15.3 Å². The highest BCUT2D eigenvalue weighted by atomic mass is 16.7. The molecule has 8 nitrogen and oxygen atoms in total. The van der Waals surface area contributed by atoms with Crippen molar-refractivity contribution in [2.75, 3.05) is 6.54 Å². The van der Waals surface area contributed by atoms with Crippen LogP contribution in [0, 0.1) is 0 Å². The maximum Gasteiger partial charge on any atom is 0.492 e. The number of nitrogens with zero attached hydrogens (tertiary/aromatic N) is 3. The van der Waals surface area contributed by atoms with E-state index in [-0.39, 0.29) is 6.54 Å². The van der Waals surface area contributed by atoms with E-state index >= 15 is 0 Å². The number of alkyl carbamates (subject to hydrolysis) is 1. The van der Waals surface area contributed by atoms with Crippen LogP contribution in [0.4, 0.5) is 10.5 Å². The first-order valence-electron chi connectivity index (χ1n) is 9.51. The summed E-state index contributed by atoms with van der Waals surface area (Å²) in [6.07, 6.45) is 1.33. The van der Waals surface area contributed by atoms with Gasteiger partial charge in [0, 0.05) is 17.1 Å². The Morgan fingerprint density at radius 2 is 1.90 bits per heavy atom. The maximum absolute atomic E-state index is 12.1. The van der Waals surface area contributed by atoms with Gasteiger partial charge in [-0.05, 0) is 71.1 Å². The van der Waals surface area contributed by atoms with Crippen molar-refractivity contribution >= 4 is 25.0 Å². The Morgan fingerprint density at radius 1 is 1.28 bits per heavy atom. The molecule has 0 saturated carbocycles. The van der Waals surface area contributed by atoms with Gasteiger partial charge in [0.15, 0.2) is 0 Å². The highest BCUT2D eigenvalue weighted by Gasteiger charge is 2.52. The Morgan fingerprint density at radius 3 is 2.45 bits per heavy atom. The molecule has 1 aromatic carbocycles. The summed E-state index contributed by atoms with van der Waals surface area (Å²) in [7, 11) is -0.641. The SMILES string of the molecule is CC(C)(C)OC(=O)NCC(=Cc1cccc(N=[N+]=[N-])c1)B1OC(C)(C)C(C)(C)O1. The second kappa shape index (κ2) is 8.49. The molecule has 0 atom stereocenters. The molecular weight excluding hydrogens is 371 g/mol. The van der Waals surface area contributed by atoms with Gasteiger partial charge in [0.2, 0.25) is 0 Å². The van der Waals surface area contributed by atoms with Crippen LogP contribution < -0.4 is 5.32 Å². The largest absolute Gasteiger partial charge is 0.492 e. The van der Waals surface area contributed by atoms with Gasteiger partial charge in [-0.15, -0.1) is 0 Å². The molecule has 1 fully saturated rings. The molecule has 1 aliphatic heterocycles. The van der Waals surface area contributed by atoms with Crippen LogP contribution >= 0.6 is 0 Å². The van der Waals surface area contributed by atoms with Crippen molar-refractivity contribution in [2.45, 2.75) is 65.3 Å². The smallest absolute Gasteiger partial charge is 0.444 e. The van der Waals surface area contributed by atoms with Gasteiger partial charge >= 0.3 is 13.2 Å².